The Labute approximate surface area is 141 Å². The van der Waals surface area contributed by atoms with Gasteiger partial charge in [-0.25, -0.2) is 0 Å². The number of carbonyl (C=O) groups is 2. The number of hydrogen-bond acceptors (Lipinski definition) is 3. The van der Waals surface area contributed by atoms with Gasteiger partial charge in [0.05, 0.1) is 14.7 Å². The average molecular weight is 378 g/mol. The third-order valence-electron chi connectivity index (χ3n) is 3.82. The Balaban J connectivity index is 1.83. The molecule has 0 saturated heterocycles. The third-order valence-corrected chi connectivity index (χ3v) is 6.09. The number of benzene rings is 1. The maximum Gasteiger partial charge on any atom is 0.221 e. The van der Waals surface area contributed by atoms with Crippen molar-refractivity contribution in [1.82, 2.24) is 0 Å². The summed E-state index contributed by atoms with van der Waals surface area (Å²) in [5, 5.41) is 3.53. The zero-order valence-electron chi connectivity index (χ0n) is 12.1. The minimum Gasteiger partial charge on any atom is -0.318 e. The molecule has 2 atom stereocenters. The molecule has 3 rings (SSSR count). The molecule has 0 fully saturated rings. The molecule has 0 spiro atoms. The molecule has 22 heavy (non-hydrogen) atoms. The van der Waals surface area contributed by atoms with E-state index >= 15 is 0 Å². The van der Waals surface area contributed by atoms with Gasteiger partial charge in [0.25, 0.3) is 0 Å². The molecule has 2 unspecified atom stereocenters. The lowest BCUT2D eigenvalue weighted by molar-refractivity contribution is -0.114. The number of Topliss-reactive ketones (excluding diaryl/α,β-unsaturated/α-hetero) is 1. The highest BCUT2D eigenvalue weighted by Crippen LogP contribution is 2.38. The largest absolute Gasteiger partial charge is 0.318 e. The number of thiophene rings is 1. The van der Waals surface area contributed by atoms with E-state index in [0.717, 1.165) is 28.3 Å². The molecule has 0 aliphatic heterocycles. The molecule has 2 aromatic rings. The van der Waals surface area contributed by atoms with Crippen LogP contribution in [0.2, 0.25) is 0 Å². The molecule has 0 bridgehead atoms. The topological polar surface area (TPSA) is 46.2 Å². The standard InChI is InChI=1S/C17H16BrNO2S/c1-10(20)19-14-9-13-8-12(7-11-5-3-2-4-6-11)15(18)16(21)17(13)22-14/h2-6,9,12,15H,7-8H2,1H3,(H,19,20). The summed E-state index contributed by atoms with van der Waals surface area (Å²) >= 11 is 4.95. The molecule has 1 aliphatic rings. The zero-order valence-corrected chi connectivity index (χ0v) is 14.5. The lowest BCUT2D eigenvalue weighted by Crippen LogP contribution is -2.32. The van der Waals surface area contributed by atoms with Crippen LogP contribution < -0.4 is 5.32 Å². The molecule has 3 nitrogen and oxygen atoms in total. The van der Waals surface area contributed by atoms with Crippen molar-refractivity contribution in [3.05, 3.63) is 52.4 Å². The molecule has 114 valence electrons. The number of alkyl halides is 1. The van der Waals surface area contributed by atoms with Crippen LogP contribution >= 0.6 is 27.3 Å². The fourth-order valence-corrected chi connectivity index (χ4v) is 4.71. The number of fused-ring (bicyclic) bond motifs is 1. The number of ketones is 1. The van der Waals surface area contributed by atoms with Crippen LogP contribution in [0.1, 0.15) is 27.7 Å². The van der Waals surface area contributed by atoms with Gasteiger partial charge in [0, 0.05) is 6.92 Å². The Bertz CT molecular complexity index is 711. The molecule has 1 aliphatic carbocycles. The van der Waals surface area contributed by atoms with E-state index in [1.165, 1.54) is 23.8 Å². The number of hydrogen-bond donors (Lipinski definition) is 1. The van der Waals surface area contributed by atoms with E-state index in [-0.39, 0.29) is 22.4 Å². The second-order valence-electron chi connectivity index (χ2n) is 5.57. The predicted octanol–water partition coefficient (Wildman–Crippen LogP) is 4.07. The highest BCUT2D eigenvalue weighted by atomic mass is 79.9. The van der Waals surface area contributed by atoms with Crippen molar-refractivity contribution in [3.8, 4) is 0 Å². The maximum atomic E-state index is 12.6. The summed E-state index contributed by atoms with van der Waals surface area (Å²) in [7, 11) is 0. The lowest BCUT2D eigenvalue weighted by atomic mass is 9.83. The SMILES string of the molecule is CC(=O)Nc1cc2c(s1)C(=O)C(Br)C(Cc1ccccc1)C2. The molecule has 5 heteroatoms. The van der Waals surface area contributed by atoms with Crippen molar-refractivity contribution in [3.63, 3.8) is 0 Å². The molecule has 0 radical (unpaired) electrons. The van der Waals surface area contributed by atoms with Crippen LogP contribution in [0.3, 0.4) is 0 Å². The van der Waals surface area contributed by atoms with E-state index < -0.39 is 0 Å². The van der Waals surface area contributed by atoms with Gasteiger partial charge < -0.3 is 5.32 Å². The summed E-state index contributed by atoms with van der Waals surface area (Å²) in [6.45, 7) is 1.48. The molecular formula is C17H16BrNO2S. The fourth-order valence-electron chi connectivity index (χ4n) is 2.84. The minimum absolute atomic E-state index is 0.109. The molecule has 0 saturated carbocycles. The van der Waals surface area contributed by atoms with Crippen LogP contribution in [0.5, 0.6) is 0 Å². The van der Waals surface area contributed by atoms with Gasteiger partial charge in [-0.1, -0.05) is 46.3 Å². The highest BCUT2D eigenvalue weighted by Gasteiger charge is 2.35. The van der Waals surface area contributed by atoms with Crippen molar-refractivity contribution < 1.29 is 9.59 Å². The number of carbonyl (C=O) groups excluding carboxylic acids is 2. The number of anilines is 1. The normalized spacial score (nSPS) is 20.5. The number of amides is 1. The van der Waals surface area contributed by atoms with Gasteiger partial charge in [-0.05, 0) is 36.0 Å². The number of rotatable bonds is 3. The van der Waals surface area contributed by atoms with Gasteiger partial charge in [0.1, 0.15) is 0 Å². The Morgan fingerprint density at radius 2 is 2.09 bits per heavy atom. The first-order valence-corrected chi connectivity index (χ1v) is 8.90. The van der Waals surface area contributed by atoms with Crippen molar-refractivity contribution in [2.75, 3.05) is 5.32 Å². The van der Waals surface area contributed by atoms with E-state index in [1.54, 1.807) is 0 Å². The van der Waals surface area contributed by atoms with Crippen LogP contribution in [0.4, 0.5) is 5.00 Å². The predicted molar refractivity (Wildman–Crippen MR) is 93.0 cm³/mol. The van der Waals surface area contributed by atoms with E-state index in [4.69, 9.17) is 0 Å². The number of halogens is 1. The molecule has 1 amide bonds. The van der Waals surface area contributed by atoms with Crippen LogP contribution in [0.15, 0.2) is 36.4 Å². The summed E-state index contributed by atoms with van der Waals surface area (Å²) in [4.78, 5) is 24.4. The summed E-state index contributed by atoms with van der Waals surface area (Å²) in [6.07, 6.45) is 1.72. The number of nitrogens with one attached hydrogen (secondary N) is 1. The fraction of sp³-hybridized carbons (Fsp3) is 0.294. The van der Waals surface area contributed by atoms with Crippen LogP contribution in [0, 0.1) is 5.92 Å². The third kappa shape index (κ3) is 3.15. The van der Waals surface area contributed by atoms with Crippen molar-refractivity contribution in [1.29, 1.82) is 0 Å². The smallest absolute Gasteiger partial charge is 0.221 e. The summed E-state index contributed by atoms with van der Waals surface area (Å²) < 4.78 is 0. The molecule has 1 aromatic carbocycles. The Morgan fingerprint density at radius 1 is 1.36 bits per heavy atom. The molecular weight excluding hydrogens is 362 g/mol. The Morgan fingerprint density at radius 3 is 2.77 bits per heavy atom. The lowest BCUT2D eigenvalue weighted by Gasteiger charge is -2.26. The zero-order chi connectivity index (χ0) is 15.7. The maximum absolute atomic E-state index is 12.6. The van der Waals surface area contributed by atoms with Crippen molar-refractivity contribution in [2.24, 2.45) is 5.92 Å². The summed E-state index contributed by atoms with van der Waals surface area (Å²) in [5.41, 5.74) is 2.29. The van der Waals surface area contributed by atoms with Gasteiger partial charge in [-0.15, -0.1) is 11.3 Å². The second kappa shape index (κ2) is 6.34. The van der Waals surface area contributed by atoms with Crippen LogP contribution in [-0.2, 0) is 17.6 Å². The quantitative estimate of drug-likeness (QED) is 0.819. The first-order valence-electron chi connectivity index (χ1n) is 7.17. The molecule has 1 N–H and O–H groups in total. The van der Waals surface area contributed by atoms with Crippen LogP contribution in [-0.4, -0.2) is 16.5 Å². The van der Waals surface area contributed by atoms with E-state index in [9.17, 15) is 9.59 Å². The van der Waals surface area contributed by atoms with Crippen molar-refractivity contribution in [2.45, 2.75) is 24.6 Å². The first kappa shape index (κ1) is 15.4. The minimum atomic E-state index is -0.163. The Kier molecular flexibility index (Phi) is 4.45. The molecule has 1 aromatic heterocycles. The van der Waals surface area contributed by atoms with E-state index in [0.29, 0.717) is 0 Å². The average Bonchev–Trinajstić information content (AvgIpc) is 2.87. The second-order valence-corrected chi connectivity index (χ2v) is 7.60. The van der Waals surface area contributed by atoms with E-state index in [1.807, 2.05) is 24.3 Å². The van der Waals surface area contributed by atoms with Gasteiger partial charge in [0.2, 0.25) is 5.91 Å². The van der Waals surface area contributed by atoms with E-state index in [2.05, 4.69) is 33.4 Å². The molecule has 1 heterocycles. The Hall–Kier alpha value is -1.46. The van der Waals surface area contributed by atoms with Crippen molar-refractivity contribution >= 4 is 44.0 Å². The first-order chi connectivity index (χ1) is 10.5. The summed E-state index contributed by atoms with van der Waals surface area (Å²) in [6, 6.07) is 12.2. The van der Waals surface area contributed by atoms with Gasteiger partial charge in [0.15, 0.2) is 5.78 Å². The highest BCUT2D eigenvalue weighted by molar-refractivity contribution is 9.10. The monoisotopic (exact) mass is 377 g/mol. The van der Waals surface area contributed by atoms with Gasteiger partial charge in [-0.2, -0.15) is 0 Å². The van der Waals surface area contributed by atoms with Gasteiger partial charge >= 0.3 is 0 Å². The van der Waals surface area contributed by atoms with Crippen LogP contribution in [0.25, 0.3) is 0 Å². The van der Waals surface area contributed by atoms with Gasteiger partial charge in [-0.3, -0.25) is 9.59 Å². The summed E-state index contributed by atoms with van der Waals surface area (Å²) in [5.74, 6) is 0.258.